The summed E-state index contributed by atoms with van der Waals surface area (Å²) in [6.45, 7) is 0. The first-order valence-corrected chi connectivity index (χ1v) is 5.00. The zero-order valence-electron chi connectivity index (χ0n) is 9.09. The van der Waals surface area contributed by atoms with E-state index in [0.717, 1.165) is 12.1 Å². The van der Waals surface area contributed by atoms with E-state index in [9.17, 15) is 13.6 Å². The Balaban J connectivity index is 2.39. The van der Waals surface area contributed by atoms with Crippen molar-refractivity contribution >= 4 is 11.6 Å². The van der Waals surface area contributed by atoms with Gasteiger partial charge in [0.15, 0.2) is 11.6 Å². The molecule has 2 rings (SSSR count). The van der Waals surface area contributed by atoms with Crippen molar-refractivity contribution < 1.29 is 18.3 Å². The van der Waals surface area contributed by atoms with Crippen LogP contribution < -0.4 is 10.2 Å². The average molecular weight is 240 g/mol. The summed E-state index contributed by atoms with van der Waals surface area (Å²) in [4.78, 5) is 10.9. The Morgan fingerprint density at radius 2 is 2.06 bits per heavy atom. The second-order valence-electron chi connectivity index (χ2n) is 3.56. The minimum atomic E-state index is -0.663. The summed E-state index contributed by atoms with van der Waals surface area (Å²) < 4.78 is 31.7. The molecule has 0 saturated heterocycles. The van der Waals surface area contributed by atoms with Gasteiger partial charge in [0.25, 0.3) is 0 Å². The van der Waals surface area contributed by atoms with Crippen LogP contribution in [0.25, 0.3) is 0 Å². The smallest absolute Gasteiger partial charge is 0.240 e. The summed E-state index contributed by atoms with van der Waals surface area (Å²) in [6, 6.07) is 1.98. The molecule has 0 spiro atoms. The van der Waals surface area contributed by atoms with Crippen molar-refractivity contribution in [3.63, 3.8) is 0 Å². The predicted octanol–water partition coefficient (Wildman–Crippen LogP) is 1.59. The van der Waals surface area contributed by atoms with Crippen molar-refractivity contribution in [1.29, 1.82) is 0 Å². The van der Waals surface area contributed by atoms with E-state index in [0.29, 0.717) is 5.71 Å². The van der Waals surface area contributed by atoms with E-state index in [2.05, 4.69) is 15.3 Å². The van der Waals surface area contributed by atoms with Gasteiger partial charge in [-0.15, -0.1) is 0 Å². The Labute approximate surface area is 96.3 Å². The topological polar surface area (TPSA) is 50.7 Å². The molecule has 0 atom stereocenters. The fraction of sp³-hybridized carbons (Fsp3) is 0.273. The number of amides is 1. The molecular formula is C11H10F2N2O2. The van der Waals surface area contributed by atoms with Crippen molar-refractivity contribution in [2.45, 2.75) is 12.8 Å². The molecule has 4 nitrogen and oxygen atoms in total. The van der Waals surface area contributed by atoms with Crippen LogP contribution >= 0.6 is 0 Å². The third kappa shape index (κ3) is 2.25. The number of ether oxygens (including phenoxy) is 1. The maximum absolute atomic E-state index is 13.7. The molecule has 0 aliphatic carbocycles. The molecule has 90 valence electrons. The molecule has 1 amide bonds. The predicted molar refractivity (Wildman–Crippen MR) is 56.8 cm³/mol. The van der Waals surface area contributed by atoms with E-state index < -0.39 is 11.6 Å². The van der Waals surface area contributed by atoms with Gasteiger partial charge >= 0.3 is 0 Å². The van der Waals surface area contributed by atoms with Gasteiger partial charge in [-0.25, -0.2) is 14.2 Å². The van der Waals surface area contributed by atoms with E-state index >= 15 is 0 Å². The number of methoxy groups -OCH3 is 1. The largest absolute Gasteiger partial charge is 0.494 e. The first-order chi connectivity index (χ1) is 8.11. The molecule has 6 heteroatoms. The molecule has 1 aliphatic rings. The first kappa shape index (κ1) is 11.5. The second-order valence-corrected chi connectivity index (χ2v) is 3.56. The van der Waals surface area contributed by atoms with Gasteiger partial charge in [-0.3, -0.25) is 4.79 Å². The van der Waals surface area contributed by atoms with Gasteiger partial charge in [0.05, 0.1) is 12.8 Å². The van der Waals surface area contributed by atoms with E-state index in [1.807, 2.05) is 0 Å². The fourth-order valence-electron chi connectivity index (χ4n) is 1.57. The Morgan fingerprint density at radius 3 is 2.65 bits per heavy atom. The Morgan fingerprint density at radius 1 is 1.29 bits per heavy atom. The first-order valence-electron chi connectivity index (χ1n) is 5.00. The van der Waals surface area contributed by atoms with Crippen LogP contribution in [0.2, 0.25) is 0 Å². The van der Waals surface area contributed by atoms with Crippen LogP contribution in [-0.4, -0.2) is 18.7 Å². The van der Waals surface area contributed by atoms with Gasteiger partial charge in [-0.1, -0.05) is 0 Å². The molecule has 1 aromatic rings. The number of rotatable bonds is 2. The molecule has 1 aromatic carbocycles. The molecule has 1 N–H and O–H groups in total. The summed E-state index contributed by atoms with van der Waals surface area (Å²) in [5.41, 5.74) is 2.60. The third-order valence-corrected chi connectivity index (χ3v) is 2.46. The van der Waals surface area contributed by atoms with Crippen molar-refractivity contribution in [2.75, 3.05) is 7.11 Å². The van der Waals surface area contributed by atoms with Crippen molar-refractivity contribution in [2.24, 2.45) is 5.10 Å². The van der Waals surface area contributed by atoms with Crippen molar-refractivity contribution in [3.05, 3.63) is 29.3 Å². The average Bonchev–Trinajstić information content (AvgIpc) is 2.33. The van der Waals surface area contributed by atoms with Crippen molar-refractivity contribution in [3.8, 4) is 5.75 Å². The summed E-state index contributed by atoms with van der Waals surface area (Å²) >= 11 is 0. The van der Waals surface area contributed by atoms with Gasteiger partial charge in [0.1, 0.15) is 5.82 Å². The maximum Gasteiger partial charge on any atom is 0.240 e. The third-order valence-electron chi connectivity index (χ3n) is 2.46. The molecule has 1 heterocycles. The molecule has 0 unspecified atom stereocenters. The zero-order chi connectivity index (χ0) is 12.4. The molecule has 17 heavy (non-hydrogen) atoms. The van der Waals surface area contributed by atoms with E-state index in [1.165, 1.54) is 7.11 Å². The summed E-state index contributed by atoms with van der Waals surface area (Å²) in [5.74, 6) is -1.68. The fourth-order valence-corrected chi connectivity index (χ4v) is 1.57. The number of benzene rings is 1. The lowest BCUT2D eigenvalue weighted by atomic mass is 10.0. The van der Waals surface area contributed by atoms with Crippen LogP contribution in [-0.2, 0) is 4.79 Å². The van der Waals surface area contributed by atoms with Crippen LogP contribution in [0, 0.1) is 11.6 Å². The lowest BCUT2D eigenvalue weighted by Gasteiger charge is -2.13. The van der Waals surface area contributed by atoms with E-state index in [-0.39, 0.29) is 30.1 Å². The molecular weight excluding hydrogens is 230 g/mol. The van der Waals surface area contributed by atoms with Crippen molar-refractivity contribution in [1.82, 2.24) is 5.43 Å². The number of halogens is 2. The number of hydrogen-bond acceptors (Lipinski definition) is 3. The normalized spacial score (nSPS) is 15.2. The van der Waals surface area contributed by atoms with Crippen LogP contribution in [0.5, 0.6) is 5.75 Å². The minimum absolute atomic E-state index is 0.0447. The number of nitrogens with one attached hydrogen (secondary N) is 1. The molecule has 0 fully saturated rings. The van der Waals surface area contributed by atoms with Gasteiger partial charge < -0.3 is 4.74 Å². The van der Waals surface area contributed by atoms with Crippen LogP contribution in [0.15, 0.2) is 17.2 Å². The number of carbonyl (C=O) groups excluding carboxylic acids is 1. The Hall–Kier alpha value is -1.98. The number of carbonyl (C=O) groups is 1. The summed E-state index contributed by atoms with van der Waals surface area (Å²) in [6.07, 6.45) is 0.500. The van der Waals surface area contributed by atoms with Gasteiger partial charge in [0.2, 0.25) is 5.91 Å². The number of nitrogens with zero attached hydrogens (tertiary/aromatic N) is 1. The Kier molecular flexibility index (Phi) is 3.03. The van der Waals surface area contributed by atoms with E-state index in [1.54, 1.807) is 0 Å². The SMILES string of the molecule is COc1cc(F)c(C2=NNC(=O)CC2)cc1F. The van der Waals surface area contributed by atoms with E-state index in [4.69, 9.17) is 0 Å². The standard InChI is InChI=1S/C11H10F2N2O2/c1-17-10-5-7(12)6(4-8(10)13)9-2-3-11(16)15-14-9/h4-5H,2-3H2,1H3,(H,15,16). The highest BCUT2D eigenvalue weighted by atomic mass is 19.1. The second kappa shape index (κ2) is 4.48. The zero-order valence-corrected chi connectivity index (χ0v) is 9.09. The number of hydrogen-bond donors (Lipinski definition) is 1. The van der Waals surface area contributed by atoms with Gasteiger partial charge in [-0.05, 0) is 6.07 Å². The van der Waals surface area contributed by atoms with Crippen LogP contribution in [0.3, 0.4) is 0 Å². The highest BCUT2D eigenvalue weighted by Crippen LogP contribution is 2.23. The minimum Gasteiger partial charge on any atom is -0.494 e. The van der Waals surface area contributed by atoms with Gasteiger partial charge in [-0.2, -0.15) is 5.10 Å². The summed E-state index contributed by atoms with van der Waals surface area (Å²) in [5, 5.41) is 3.71. The quantitative estimate of drug-likeness (QED) is 0.853. The molecule has 1 aliphatic heterocycles. The maximum atomic E-state index is 13.7. The lowest BCUT2D eigenvalue weighted by molar-refractivity contribution is -0.121. The highest BCUT2D eigenvalue weighted by Gasteiger charge is 2.19. The molecule has 0 radical (unpaired) electrons. The molecule has 0 saturated carbocycles. The molecule has 0 bridgehead atoms. The lowest BCUT2D eigenvalue weighted by Crippen LogP contribution is -2.26. The van der Waals surface area contributed by atoms with Gasteiger partial charge in [0, 0.05) is 24.5 Å². The summed E-state index contributed by atoms with van der Waals surface area (Å²) in [7, 11) is 1.26. The number of hydrazone groups is 1. The monoisotopic (exact) mass is 240 g/mol. The highest BCUT2D eigenvalue weighted by molar-refractivity contribution is 6.04. The Bertz CT molecular complexity index is 500. The van der Waals surface area contributed by atoms with Crippen LogP contribution in [0.1, 0.15) is 18.4 Å². The molecule has 0 aromatic heterocycles. The van der Waals surface area contributed by atoms with Crippen LogP contribution in [0.4, 0.5) is 8.78 Å².